The molecule has 0 radical (unpaired) electrons. The van der Waals surface area contributed by atoms with Gasteiger partial charge in [0, 0.05) is 5.69 Å². The Bertz CT molecular complexity index is 1100. The summed E-state index contributed by atoms with van der Waals surface area (Å²) in [6, 6.07) is 15.7. The molecule has 2 aromatic carbocycles. The molecule has 0 atom stereocenters. The lowest BCUT2D eigenvalue weighted by Crippen LogP contribution is -2.15. The van der Waals surface area contributed by atoms with E-state index >= 15 is 0 Å². The number of hydrogen-bond donors (Lipinski definition) is 2. The number of halogens is 1. The highest BCUT2D eigenvalue weighted by Gasteiger charge is 2.21. The van der Waals surface area contributed by atoms with Crippen LogP contribution in [0.5, 0.6) is 0 Å². The third-order valence-electron chi connectivity index (χ3n) is 3.78. The number of nitrogens with one attached hydrogen (secondary N) is 1. The summed E-state index contributed by atoms with van der Waals surface area (Å²) in [6.07, 6.45) is 0. The molecule has 0 aliphatic carbocycles. The van der Waals surface area contributed by atoms with Gasteiger partial charge < -0.3 is 5.32 Å². The van der Waals surface area contributed by atoms with Gasteiger partial charge in [-0.05, 0) is 36.8 Å². The van der Waals surface area contributed by atoms with Crippen LogP contribution in [0.2, 0.25) is 5.15 Å². The summed E-state index contributed by atoms with van der Waals surface area (Å²) in [4.78, 5) is 12.7. The summed E-state index contributed by atoms with van der Waals surface area (Å²) in [5.74, 6) is -0.755. The van der Waals surface area contributed by atoms with Crippen molar-refractivity contribution >= 4 is 33.2 Å². The highest BCUT2D eigenvalue weighted by molar-refractivity contribution is 7.88. The van der Waals surface area contributed by atoms with Gasteiger partial charge in [0.1, 0.15) is 10.7 Å². The maximum atomic E-state index is 12.7. The SMILES string of the molecule is Cc1nn(-c2ccccc2)c(Cl)c1C(=O)Nc1cccc(CS(N)(=O)=O)c1. The second kappa shape index (κ2) is 7.51. The molecule has 1 aromatic heterocycles. The monoisotopic (exact) mass is 404 g/mol. The molecule has 0 saturated heterocycles. The van der Waals surface area contributed by atoms with E-state index < -0.39 is 15.9 Å². The average molecular weight is 405 g/mol. The highest BCUT2D eigenvalue weighted by atomic mass is 35.5. The van der Waals surface area contributed by atoms with Gasteiger partial charge in [0.15, 0.2) is 0 Å². The molecule has 0 unspecified atom stereocenters. The number of anilines is 1. The van der Waals surface area contributed by atoms with E-state index in [0.717, 1.165) is 5.69 Å². The molecule has 0 spiro atoms. The number of benzene rings is 2. The van der Waals surface area contributed by atoms with Gasteiger partial charge in [-0.25, -0.2) is 18.2 Å². The number of aromatic nitrogens is 2. The molecule has 3 aromatic rings. The number of amides is 1. The molecule has 1 heterocycles. The fraction of sp³-hybridized carbons (Fsp3) is 0.111. The largest absolute Gasteiger partial charge is 0.322 e. The lowest BCUT2D eigenvalue weighted by Gasteiger charge is -2.07. The minimum absolute atomic E-state index is 0.192. The van der Waals surface area contributed by atoms with Crippen molar-refractivity contribution in [2.45, 2.75) is 12.7 Å². The number of sulfonamides is 1. The van der Waals surface area contributed by atoms with Crippen LogP contribution < -0.4 is 10.5 Å². The van der Waals surface area contributed by atoms with Gasteiger partial charge in [0.05, 0.1) is 17.1 Å². The maximum Gasteiger partial charge on any atom is 0.260 e. The predicted octanol–water partition coefficient (Wildman–Crippen LogP) is 2.87. The summed E-state index contributed by atoms with van der Waals surface area (Å²) in [5, 5.41) is 12.3. The molecule has 3 rings (SSSR count). The molecular weight excluding hydrogens is 388 g/mol. The van der Waals surface area contributed by atoms with Crippen molar-refractivity contribution in [3.8, 4) is 5.69 Å². The number of nitrogens with two attached hydrogens (primary N) is 1. The van der Waals surface area contributed by atoms with Gasteiger partial charge in [-0.15, -0.1) is 0 Å². The smallest absolute Gasteiger partial charge is 0.260 e. The summed E-state index contributed by atoms with van der Waals surface area (Å²) < 4.78 is 24.0. The molecule has 7 nitrogen and oxygen atoms in total. The molecule has 0 saturated carbocycles. The van der Waals surface area contributed by atoms with Crippen molar-refractivity contribution in [2.75, 3.05) is 5.32 Å². The molecule has 3 N–H and O–H groups in total. The standard InChI is InChI=1S/C18H17ClN4O3S/c1-12-16(17(19)23(22-12)15-8-3-2-4-9-15)18(24)21-14-7-5-6-13(10-14)11-27(20,25)26/h2-10H,11H2,1H3,(H,21,24)(H2,20,25,26). The Kier molecular flexibility index (Phi) is 5.31. The van der Waals surface area contributed by atoms with Gasteiger partial charge in [0.25, 0.3) is 5.91 Å². The number of nitrogens with zero attached hydrogens (tertiary/aromatic N) is 2. The van der Waals surface area contributed by atoms with Crippen LogP contribution in [0.15, 0.2) is 54.6 Å². The first-order valence-corrected chi connectivity index (χ1v) is 10.1. The van der Waals surface area contributed by atoms with Gasteiger partial charge >= 0.3 is 0 Å². The number of para-hydroxylation sites is 1. The van der Waals surface area contributed by atoms with Crippen molar-refractivity contribution in [1.29, 1.82) is 0 Å². The lowest BCUT2D eigenvalue weighted by molar-refractivity contribution is 0.102. The predicted molar refractivity (Wildman–Crippen MR) is 105 cm³/mol. The van der Waals surface area contributed by atoms with E-state index in [1.54, 1.807) is 31.2 Å². The molecule has 1 amide bonds. The summed E-state index contributed by atoms with van der Waals surface area (Å²) in [7, 11) is -3.66. The number of carbonyl (C=O) groups is 1. The molecule has 0 aliphatic heterocycles. The van der Waals surface area contributed by atoms with E-state index in [1.165, 1.54) is 4.68 Å². The minimum atomic E-state index is -3.66. The third-order valence-corrected chi connectivity index (χ3v) is 4.87. The van der Waals surface area contributed by atoms with Crippen LogP contribution in [-0.2, 0) is 15.8 Å². The van der Waals surface area contributed by atoms with Gasteiger partial charge in [-0.3, -0.25) is 4.79 Å². The highest BCUT2D eigenvalue weighted by Crippen LogP contribution is 2.24. The maximum absolute atomic E-state index is 12.7. The van der Waals surface area contributed by atoms with Crippen LogP contribution in [0, 0.1) is 6.92 Å². The Morgan fingerprint density at radius 1 is 1.19 bits per heavy atom. The zero-order valence-corrected chi connectivity index (χ0v) is 16.0. The van der Waals surface area contributed by atoms with Gasteiger partial charge in [-0.1, -0.05) is 41.9 Å². The summed E-state index contributed by atoms with van der Waals surface area (Å²) >= 11 is 6.39. The Morgan fingerprint density at radius 3 is 2.56 bits per heavy atom. The molecule has 0 bridgehead atoms. The van der Waals surface area contributed by atoms with E-state index in [0.29, 0.717) is 16.9 Å². The number of aryl methyl sites for hydroxylation is 1. The van der Waals surface area contributed by atoms with E-state index in [2.05, 4.69) is 10.4 Å². The number of hydrogen-bond acceptors (Lipinski definition) is 4. The first-order chi connectivity index (χ1) is 12.7. The van der Waals surface area contributed by atoms with Crippen molar-refractivity contribution in [1.82, 2.24) is 9.78 Å². The van der Waals surface area contributed by atoms with Crippen LogP contribution in [-0.4, -0.2) is 24.1 Å². The Morgan fingerprint density at radius 2 is 1.89 bits per heavy atom. The van der Waals surface area contributed by atoms with Gasteiger partial charge in [-0.2, -0.15) is 5.10 Å². The van der Waals surface area contributed by atoms with Gasteiger partial charge in [0.2, 0.25) is 10.0 Å². The molecule has 9 heteroatoms. The van der Waals surface area contributed by atoms with E-state index in [1.807, 2.05) is 30.3 Å². The molecular formula is C18H17ClN4O3S. The molecule has 0 fully saturated rings. The van der Waals surface area contributed by atoms with Crippen LogP contribution in [0.3, 0.4) is 0 Å². The first kappa shape index (κ1) is 19.1. The van der Waals surface area contributed by atoms with E-state index in [-0.39, 0.29) is 16.5 Å². The number of rotatable bonds is 5. The van der Waals surface area contributed by atoms with Crippen molar-refractivity contribution < 1.29 is 13.2 Å². The van der Waals surface area contributed by atoms with E-state index in [4.69, 9.17) is 16.7 Å². The zero-order chi connectivity index (χ0) is 19.6. The van der Waals surface area contributed by atoms with Crippen LogP contribution >= 0.6 is 11.6 Å². The van der Waals surface area contributed by atoms with Crippen LogP contribution in [0.4, 0.5) is 5.69 Å². The Labute approximate surface area is 161 Å². The fourth-order valence-electron chi connectivity index (χ4n) is 2.66. The van der Waals surface area contributed by atoms with Crippen molar-refractivity contribution in [3.05, 3.63) is 76.6 Å². The second-order valence-corrected chi connectivity index (χ2v) is 7.93. The summed E-state index contributed by atoms with van der Waals surface area (Å²) in [5.41, 5.74) is 2.36. The zero-order valence-electron chi connectivity index (χ0n) is 14.4. The number of primary sulfonamides is 1. The topological polar surface area (TPSA) is 107 Å². The average Bonchev–Trinajstić information content (AvgIpc) is 2.89. The molecule has 0 aliphatic rings. The van der Waals surface area contributed by atoms with E-state index in [9.17, 15) is 13.2 Å². The molecule has 140 valence electrons. The number of carbonyl (C=O) groups excluding carboxylic acids is 1. The van der Waals surface area contributed by atoms with Crippen molar-refractivity contribution in [2.24, 2.45) is 5.14 Å². The second-order valence-electron chi connectivity index (χ2n) is 5.96. The van der Waals surface area contributed by atoms with Crippen LogP contribution in [0.25, 0.3) is 5.69 Å². The Balaban J connectivity index is 1.87. The quantitative estimate of drug-likeness (QED) is 0.681. The Hall–Kier alpha value is -2.68. The summed E-state index contributed by atoms with van der Waals surface area (Å²) in [6.45, 7) is 1.69. The first-order valence-electron chi connectivity index (χ1n) is 7.96. The fourth-order valence-corrected chi connectivity index (χ4v) is 3.66. The minimum Gasteiger partial charge on any atom is -0.322 e. The normalized spacial score (nSPS) is 11.4. The molecule has 27 heavy (non-hydrogen) atoms. The van der Waals surface area contributed by atoms with Crippen molar-refractivity contribution in [3.63, 3.8) is 0 Å². The lowest BCUT2D eigenvalue weighted by atomic mass is 10.2. The van der Waals surface area contributed by atoms with Crippen LogP contribution in [0.1, 0.15) is 21.6 Å². The third kappa shape index (κ3) is 4.54.